The minimum atomic E-state index is -0.341. The van der Waals surface area contributed by atoms with Gasteiger partial charge in [-0.15, -0.1) is 0 Å². The van der Waals surface area contributed by atoms with Crippen molar-refractivity contribution >= 4 is 17.5 Å². The molecule has 0 spiro atoms. The number of hydrogen-bond acceptors (Lipinski definition) is 3. The molecule has 1 aliphatic rings. The van der Waals surface area contributed by atoms with Crippen LogP contribution in [0, 0.1) is 5.82 Å². The highest BCUT2D eigenvalue weighted by atomic mass is 32.2. The largest absolute Gasteiger partial charge is 0.497 e. The summed E-state index contributed by atoms with van der Waals surface area (Å²) in [7, 11) is 1.47. The smallest absolute Gasteiger partial charge is 0.164 e. The molecule has 0 bridgehead atoms. The second kappa shape index (κ2) is 4.23. The third-order valence-electron chi connectivity index (χ3n) is 2.42. The average molecular weight is 226 g/mol. The number of fused-ring (bicyclic) bond motifs is 1. The first-order valence-electron chi connectivity index (χ1n) is 4.69. The Balaban J connectivity index is 2.55. The zero-order valence-electron chi connectivity index (χ0n) is 8.38. The standard InChI is InChI=1S/C11H11FO2S/c1-14-7-4-8-9(10(12)5-7)6-15-3-2-11(8)13/h4-5H,2-3,6H2,1H3. The summed E-state index contributed by atoms with van der Waals surface area (Å²) in [5.41, 5.74) is 1.00. The van der Waals surface area contributed by atoms with Gasteiger partial charge in [-0.25, -0.2) is 4.39 Å². The topological polar surface area (TPSA) is 26.3 Å². The first-order valence-corrected chi connectivity index (χ1v) is 5.85. The summed E-state index contributed by atoms with van der Waals surface area (Å²) < 4.78 is 18.6. The van der Waals surface area contributed by atoms with E-state index in [1.807, 2.05) is 0 Å². The predicted octanol–water partition coefficient (Wildman–Crippen LogP) is 2.65. The molecule has 2 rings (SSSR count). The fraction of sp³-hybridized carbons (Fsp3) is 0.364. The van der Waals surface area contributed by atoms with Gasteiger partial charge in [0.1, 0.15) is 11.6 Å². The quantitative estimate of drug-likeness (QED) is 0.736. The molecule has 15 heavy (non-hydrogen) atoms. The van der Waals surface area contributed by atoms with Gasteiger partial charge < -0.3 is 4.74 Å². The summed E-state index contributed by atoms with van der Waals surface area (Å²) in [4.78, 5) is 11.7. The molecule has 4 heteroatoms. The predicted molar refractivity (Wildman–Crippen MR) is 58.1 cm³/mol. The third kappa shape index (κ3) is 2.00. The fourth-order valence-corrected chi connectivity index (χ4v) is 2.57. The molecule has 0 atom stereocenters. The summed E-state index contributed by atoms with van der Waals surface area (Å²) >= 11 is 1.59. The summed E-state index contributed by atoms with van der Waals surface area (Å²) in [5.74, 6) is 1.40. The lowest BCUT2D eigenvalue weighted by atomic mass is 10.0. The zero-order valence-corrected chi connectivity index (χ0v) is 9.20. The van der Waals surface area contributed by atoms with E-state index in [0.717, 1.165) is 5.75 Å². The van der Waals surface area contributed by atoms with Gasteiger partial charge in [0.25, 0.3) is 0 Å². The van der Waals surface area contributed by atoms with E-state index >= 15 is 0 Å². The zero-order chi connectivity index (χ0) is 10.8. The number of benzene rings is 1. The van der Waals surface area contributed by atoms with E-state index < -0.39 is 0 Å². The molecule has 0 unspecified atom stereocenters. The van der Waals surface area contributed by atoms with Crippen LogP contribution in [-0.2, 0) is 5.75 Å². The SMILES string of the molecule is COc1cc(F)c2c(c1)C(=O)CCSC2. The van der Waals surface area contributed by atoms with Crippen LogP contribution in [-0.4, -0.2) is 18.6 Å². The van der Waals surface area contributed by atoms with Gasteiger partial charge in [0.05, 0.1) is 7.11 Å². The molecular formula is C11H11FO2S. The van der Waals surface area contributed by atoms with E-state index in [-0.39, 0.29) is 11.6 Å². The van der Waals surface area contributed by atoms with Crippen LogP contribution in [0.15, 0.2) is 12.1 Å². The van der Waals surface area contributed by atoms with Crippen LogP contribution >= 0.6 is 11.8 Å². The van der Waals surface area contributed by atoms with E-state index in [1.165, 1.54) is 13.2 Å². The maximum Gasteiger partial charge on any atom is 0.164 e. The number of hydrogen-bond donors (Lipinski definition) is 0. The van der Waals surface area contributed by atoms with Crippen LogP contribution in [0.4, 0.5) is 4.39 Å². The number of carbonyl (C=O) groups is 1. The van der Waals surface area contributed by atoms with Gasteiger partial charge in [0, 0.05) is 35.1 Å². The lowest BCUT2D eigenvalue weighted by molar-refractivity contribution is 0.0988. The Morgan fingerprint density at radius 1 is 1.47 bits per heavy atom. The lowest BCUT2D eigenvalue weighted by Crippen LogP contribution is -2.04. The van der Waals surface area contributed by atoms with Crippen LogP contribution in [0.3, 0.4) is 0 Å². The van der Waals surface area contributed by atoms with Crippen LogP contribution in [0.2, 0.25) is 0 Å². The van der Waals surface area contributed by atoms with Crippen molar-refractivity contribution in [3.8, 4) is 5.75 Å². The van der Waals surface area contributed by atoms with Crippen molar-refractivity contribution in [3.05, 3.63) is 29.1 Å². The van der Waals surface area contributed by atoms with Crippen molar-refractivity contribution in [2.24, 2.45) is 0 Å². The van der Waals surface area contributed by atoms with Crippen molar-refractivity contribution in [3.63, 3.8) is 0 Å². The van der Waals surface area contributed by atoms with Crippen molar-refractivity contribution in [1.29, 1.82) is 0 Å². The van der Waals surface area contributed by atoms with Crippen LogP contribution in [0.5, 0.6) is 5.75 Å². The summed E-state index contributed by atoms with van der Waals surface area (Å²) in [6.07, 6.45) is 0.476. The van der Waals surface area contributed by atoms with Gasteiger partial charge in [-0.2, -0.15) is 11.8 Å². The molecule has 0 aromatic heterocycles. The van der Waals surface area contributed by atoms with Crippen molar-refractivity contribution < 1.29 is 13.9 Å². The van der Waals surface area contributed by atoms with Gasteiger partial charge in [-0.1, -0.05) is 0 Å². The minimum absolute atomic E-state index is 0.00722. The van der Waals surface area contributed by atoms with Gasteiger partial charge in [-0.3, -0.25) is 4.79 Å². The average Bonchev–Trinajstić information content (AvgIpc) is 2.41. The second-order valence-electron chi connectivity index (χ2n) is 3.36. The normalized spacial score (nSPS) is 15.7. The molecule has 80 valence electrons. The van der Waals surface area contributed by atoms with Crippen molar-refractivity contribution in [1.82, 2.24) is 0 Å². The highest BCUT2D eigenvalue weighted by molar-refractivity contribution is 7.98. The third-order valence-corrected chi connectivity index (χ3v) is 3.41. The fourth-order valence-electron chi connectivity index (χ4n) is 1.60. The number of halogens is 1. The number of ether oxygens (including phenoxy) is 1. The van der Waals surface area contributed by atoms with Crippen LogP contribution < -0.4 is 4.74 Å². The van der Waals surface area contributed by atoms with E-state index in [4.69, 9.17) is 4.74 Å². The number of methoxy groups -OCH3 is 1. The molecule has 1 aromatic rings. The Kier molecular flexibility index (Phi) is 2.95. The minimum Gasteiger partial charge on any atom is -0.497 e. The van der Waals surface area contributed by atoms with E-state index in [1.54, 1.807) is 17.8 Å². The van der Waals surface area contributed by atoms with Gasteiger partial charge in [0.2, 0.25) is 0 Å². The second-order valence-corrected chi connectivity index (χ2v) is 4.47. The molecule has 1 aliphatic heterocycles. The van der Waals surface area contributed by atoms with Crippen molar-refractivity contribution in [2.75, 3.05) is 12.9 Å². The Hall–Kier alpha value is -1.03. The Morgan fingerprint density at radius 2 is 2.27 bits per heavy atom. The molecule has 0 fully saturated rings. The van der Waals surface area contributed by atoms with E-state index in [0.29, 0.717) is 29.1 Å². The number of rotatable bonds is 1. The number of ketones is 1. The first kappa shape index (κ1) is 10.5. The molecule has 0 saturated carbocycles. The highest BCUT2D eigenvalue weighted by Crippen LogP contribution is 2.29. The Bertz CT molecular complexity index is 404. The molecule has 0 amide bonds. The molecule has 0 saturated heterocycles. The molecule has 2 nitrogen and oxygen atoms in total. The summed E-state index contributed by atoms with van der Waals surface area (Å²) in [6.45, 7) is 0. The Morgan fingerprint density at radius 3 is 3.00 bits per heavy atom. The Labute approximate surface area is 91.8 Å². The van der Waals surface area contributed by atoms with Crippen LogP contribution in [0.1, 0.15) is 22.3 Å². The molecular weight excluding hydrogens is 215 g/mol. The van der Waals surface area contributed by atoms with Crippen LogP contribution in [0.25, 0.3) is 0 Å². The first-order chi connectivity index (χ1) is 7.22. The molecule has 0 radical (unpaired) electrons. The molecule has 1 aromatic carbocycles. The number of thioether (sulfide) groups is 1. The maximum absolute atomic E-state index is 13.6. The van der Waals surface area contributed by atoms with E-state index in [9.17, 15) is 9.18 Å². The monoisotopic (exact) mass is 226 g/mol. The maximum atomic E-state index is 13.6. The summed E-state index contributed by atoms with van der Waals surface area (Å²) in [6, 6.07) is 2.96. The van der Waals surface area contributed by atoms with E-state index in [2.05, 4.69) is 0 Å². The number of Topliss-reactive ketones (excluding diaryl/α,β-unsaturated/α-hetero) is 1. The molecule has 0 aliphatic carbocycles. The van der Waals surface area contributed by atoms with Gasteiger partial charge in [-0.05, 0) is 6.07 Å². The summed E-state index contributed by atoms with van der Waals surface area (Å²) in [5, 5.41) is 0. The van der Waals surface area contributed by atoms with Crippen molar-refractivity contribution in [2.45, 2.75) is 12.2 Å². The number of carbonyl (C=O) groups excluding carboxylic acids is 1. The van der Waals surface area contributed by atoms with Gasteiger partial charge >= 0.3 is 0 Å². The molecule has 1 heterocycles. The highest BCUT2D eigenvalue weighted by Gasteiger charge is 2.20. The van der Waals surface area contributed by atoms with Gasteiger partial charge in [0.15, 0.2) is 5.78 Å². The lowest BCUT2D eigenvalue weighted by Gasteiger charge is -2.08. The molecule has 0 N–H and O–H groups in total.